The molecule has 1 heterocycles. The van der Waals surface area contributed by atoms with Gasteiger partial charge in [0.15, 0.2) is 0 Å². The molecule has 0 radical (unpaired) electrons. The topological polar surface area (TPSA) is 84.2 Å². The van der Waals surface area contributed by atoms with Gasteiger partial charge in [-0.1, -0.05) is 18.2 Å². The van der Waals surface area contributed by atoms with Crippen molar-refractivity contribution in [2.24, 2.45) is 0 Å². The van der Waals surface area contributed by atoms with E-state index in [1.54, 1.807) is 38.5 Å². The maximum absolute atomic E-state index is 12.5. The van der Waals surface area contributed by atoms with Gasteiger partial charge in [0.05, 0.1) is 37.2 Å². The molecule has 6 heteroatoms. The van der Waals surface area contributed by atoms with Gasteiger partial charge in [-0.15, -0.1) is 0 Å². The van der Waals surface area contributed by atoms with Crippen LogP contribution in [0.3, 0.4) is 0 Å². The maximum atomic E-state index is 12.5. The molecule has 162 valence electrons. The first-order valence-corrected chi connectivity index (χ1v) is 10.2. The number of carbonyl (C=O) groups is 1. The van der Waals surface area contributed by atoms with Crippen LogP contribution in [0.1, 0.15) is 15.9 Å². The number of nitrogens with one attached hydrogen (secondary N) is 1. The predicted molar refractivity (Wildman–Crippen MR) is 127 cm³/mol. The number of rotatable bonds is 6. The van der Waals surface area contributed by atoms with Gasteiger partial charge in [-0.3, -0.25) is 4.79 Å². The molecule has 3 aromatic carbocycles. The van der Waals surface area contributed by atoms with E-state index in [1.165, 1.54) is 0 Å². The zero-order valence-electron chi connectivity index (χ0n) is 18.2. The summed E-state index contributed by atoms with van der Waals surface area (Å²) in [5, 5.41) is 11.8. The van der Waals surface area contributed by atoms with Crippen LogP contribution < -0.4 is 14.8 Å². The molecule has 0 unspecified atom stereocenters. The number of carbonyl (C=O) groups excluding carboxylic acids is 1. The first-order valence-electron chi connectivity index (χ1n) is 10.2. The number of hydrogen-bond donors (Lipinski definition) is 1. The molecule has 0 bridgehead atoms. The monoisotopic (exact) mass is 435 g/mol. The molecule has 4 rings (SSSR count). The van der Waals surface area contributed by atoms with Crippen molar-refractivity contribution in [1.82, 2.24) is 4.98 Å². The number of aromatic nitrogens is 1. The van der Waals surface area contributed by atoms with Crippen LogP contribution >= 0.6 is 0 Å². The quantitative estimate of drug-likeness (QED) is 0.429. The smallest absolute Gasteiger partial charge is 0.255 e. The van der Waals surface area contributed by atoms with Crippen molar-refractivity contribution in [2.45, 2.75) is 0 Å². The van der Waals surface area contributed by atoms with Gasteiger partial charge in [-0.25, -0.2) is 4.98 Å². The van der Waals surface area contributed by atoms with E-state index in [9.17, 15) is 4.79 Å². The van der Waals surface area contributed by atoms with E-state index in [2.05, 4.69) is 5.32 Å². The highest BCUT2D eigenvalue weighted by molar-refractivity contribution is 6.04. The maximum Gasteiger partial charge on any atom is 0.255 e. The Morgan fingerprint density at radius 3 is 2.27 bits per heavy atom. The van der Waals surface area contributed by atoms with Gasteiger partial charge >= 0.3 is 0 Å². The lowest BCUT2D eigenvalue weighted by Crippen LogP contribution is -2.11. The summed E-state index contributed by atoms with van der Waals surface area (Å²) >= 11 is 0. The van der Waals surface area contributed by atoms with Crippen molar-refractivity contribution in [2.75, 3.05) is 19.5 Å². The highest BCUT2D eigenvalue weighted by Crippen LogP contribution is 2.33. The molecule has 1 amide bonds. The molecule has 1 aromatic heterocycles. The molecule has 0 aliphatic carbocycles. The molecule has 6 nitrogen and oxygen atoms in total. The number of anilines is 1. The fraction of sp³-hybridized carbons (Fsp3) is 0.0741. The Bertz CT molecular complexity index is 1320. The molecule has 33 heavy (non-hydrogen) atoms. The first-order chi connectivity index (χ1) is 16.1. The van der Waals surface area contributed by atoms with Crippen LogP contribution in [0, 0.1) is 11.3 Å². The molecule has 4 aromatic rings. The number of benzene rings is 3. The lowest BCUT2D eigenvalue weighted by atomic mass is 10.1. The Balaban J connectivity index is 1.55. The summed E-state index contributed by atoms with van der Waals surface area (Å²) in [4.78, 5) is 17.3. The number of ether oxygens (including phenoxy) is 2. The van der Waals surface area contributed by atoms with Gasteiger partial charge in [-0.2, -0.15) is 5.26 Å². The van der Waals surface area contributed by atoms with Gasteiger partial charge < -0.3 is 14.8 Å². The van der Waals surface area contributed by atoms with Gasteiger partial charge in [0, 0.05) is 22.4 Å². The lowest BCUT2D eigenvalue weighted by Gasteiger charge is -2.11. The minimum Gasteiger partial charge on any atom is -0.497 e. The Kier molecular flexibility index (Phi) is 6.33. The summed E-state index contributed by atoms with van der Waals surface area (Å²) in [6, 6.07) is 27.4. The summed E-state index contributed by atoms with van der Waals surface area (Å²) in [6.07, 6.45) is 0. The predicted octanol–water partition coefficient (Wildman–Crippen LogP) is 5.56. The largest absolute Gasteiger partial charge is 0.497 e. The fourth-order valence-electron chi connectivity index (χ4n) is 3.38. The number of nitrogens with zero attached hydrogens (tertiary/aromatic N) is 2. The number of hydrogen-bond acceptors (Lipinski definition) is 5. The zero-order valence-corrected chi connectivity index (χ0v) is 18.2. The standard InChI is InChI=1S/C27H21N3O3/c1-32-22-14-15-26(33-2)23(16-22)25-5-3-4-24(30-25)19-10-12-21(13-11-19)29-27(31)20-8-6-18(17-28)7-9-20/h3-16H,1-2H3,(H,29,31). The van der Waals surface area contributed by atoms with Crippen LogP contribution in [0.5, 0.6) is 11.5 Å². The third-order valence-electron chi connectivity index (χ3n) is 5.15. The third-order valence-corrected chi connectivity index (χ3v) is 5.15. The summed E-state index contributed by atoms with van der Waals surface area (Å²) < 4.78 is 10.8. The Hall–Kier alpha value is -4.63. The van der Waals surface area contributed by atoms with E-state index in [-0.39, 0.29) is 5.91 Å². The number of nitriles is 1. The zero-order chi connectivity index (χ0) is 23.2. The summed E-state index contributed by atoms with van der Waals surface area (Å²) in [7, 11) is 3.25. The number of amides is 1. The van der Waals surface area contributed by atoms with Crippen molar-refractivity contribution in [3.63, 3.8) is 0 Å². The Morgan fingerprint density at radius 2 is 1.61 bits per heavy atom. The van der Waals surface area contributed by atoms with Crippen LogP contribution in [0.25, 0.3) is 22.5 Å². The summed E-state index contributed by atoms with van der Waals surface area (Å²) in [6.45, 7) is 0. The van der Waals surface area contributed by atoms with E-state index in [0.29, 0.717) is 22.6 Å². The van der Waals surface area contributed by atoms with E-state index in [1.807, 2.05) is 66.7 Å². The molecule has 0 saturated heterocycles. The minimum absolute atomic E-state index is 0.238. The minimum atomic E-state index is -0.238. The summed E-state index contributed by atoms with van der Waals surface area (Å²) in [5.74, 6) is 1.19. The molecule has 1 N–H and O–H groups in total. The molecule has 0 fully saturated rings. The molecule has 0 aliphatic heterocycles. The van der Waals surface area contributed by atoms with Crippen molar-refractivity contribution >= 4 is 11.6 Å². The lowest BCUT2D eigenvalue weighted by molar-refractivity contribution is 0.102. The van der Waals surface area contributed by atoms with Crippen LogP contribution in [-0.2, 0) is 0 Å². The average molecular weight is 435 g/mol. The molecule has 0 atom stereocenters. The van der Waals surface area contributed by atoms with Crippen LogP contribution in [0.15, 0.2) is 84.9 Å². The van der Waals surface area contributed by atoms with Gasteiger partial charge in [0.2, 0.25) is 0 Å². The van der Waals surface area contributed by atoms with E-state index in [0.717, 1.165) is 28.3 Å². The van der Waals surface area contributed by atoms with Crippen LogP contribution in [-0.4, -0.2) is 25.1 Å². The highest BCUT2D eigenvalue weighted by Gasteiger charge is 2.11. The second kappa shape index (κ2) is 9.67. The molecule has 0 aliphatic rings. The molecule has 0 saturated carbocycles. The molecular formula is C27H21N3O3. The van der Waals surface area contributed by atoms with E-state index < -0.39 is 0 Å². The van der Waals surface area contributed by atoms with Gasteiger partial charge in [-0.05, 0) is 66.7 Å². The van der Waals surface area contributed by atoms with Crippen molar-refractivity contribution < 1.29 is 14.3 Å². The van der Waals surface area contributed by atoms with Crippen molar-refractivity contribution in [3.8, 4) is 40.1 Å². The van der Waals surface area contributed by atoms with Gasteiger partial charge in [0.25, 0.3) is 5.91 Å². The van der Waals surface area contributed by atoms with Crippen molar-refractivity contribution in [3.05, 3.63) is 96.1 Å². The summed E-state index contributed by atoms with van der Waals surface area (Å²) in [5.41, 5.74) is 4.97. The molecule has 0 spiro atoms. The third kappa shape index (κ3) is 4.83. The number of methoxy groups -OCH3 is 2. The van der Waals surface area contributed by atoms with Crippen molar-refractivity contribution in [1.29, 1.82) is 5.26 Å². The van der Waals surface area contributed by atoms with Crippen LogP contribution in [0.4, 0.5) is 5.69 Å². The Labute approximate surface area is 192 Å². The second-order valence-electron chi connectivity index (χ2n) is 7.19. The second-order valence-corrected chi connectivity index (χ2v) is 7.19. The number of pyridine rings is 1. The fourth-order valence-corrected chi connectivity index (χ4v) is 3.38. The van der Waals surface area contributed by atoms with E-state index >= 15 is 0 Å². The Morgan fingerprint density at radius 1 is 0.879 bits per heavy atom. The highest BCUT2D eigenvalue weighted by atomic mass is 16.5. The first kappa shape index (κ1) is 21.6. The molecular weight excluding hydrogens is 414 g/mol. The van der Waals surface area contributed by atoms with Gasteiger partial charge in [0.1, 0.15) is 11.5 Å². The SMILES string of the molecule is COc1ccc(OC)c(-c2cccc(-c3ccc(NC(=O)c4ccc(C#N)cc4)cc3)n2)c1. The van der Waals surface area contributed by atoms with E-state index in [4.69, 9.17) is 19.7 Å². The van der Waals surface area contributed by atoms with Crippen LogP contribution in [0.2, 0.25) is 0 Å². The average Bonchev–Trinajstić information content (AvgIpc) is 2.88. The normalized spacial score (nSPS) is 10.2.